The molecule has 0 bridgehead atoms. The van der Waals surface area contributed by atoms with Crippen LogP contribution in [0, 0.1) is 5.82 Å². The Morgan fingerprint density at radius 2 is 1.81 bits per heavy atom. The van der Waals surface area contributed by atoms with Gasteiger partial charge in [-0.15, -0.1) is 0 Å². The Morgan fingerprint density at radius 3 is 2.52 bits per heavy atom. The van der Waals surface area contributed by atoms with Gasteiger partial charge in [-0.3, -0.25) is 19.8 Å². The minimum Gasteiger partial charge on any atom is -0.385 e. The van der Waals surface area contributed by atoms with Gasteiger partial charge in [0, 0.05) is 35.8 Å². The molecule has 0 radical (unpaired) electrons. The van der Waals surface area contributed by atoms with Gasteiger partial charge in [0.05, 0.1) is 5.52 Å². The molecule has 8 nitrogen and oxygen atoms in total. The first-order valence-electron chi connectivity index (χ1n) is 9.35. The van der Waals surface area contributed by atoms with Crippen molar-refractivity contribution >= 4 is 50.2 Å². The number of halogens is 2. The zero-order valence-electron chi connectivity index (χ0n) is 16.6. The molecule has 0 saturated carbocycles. The number of carbonyl (C=O) groups excluding carboxylic acids is 3. The van der Waals surface area contributed by atoms with Gasteiger partial charge in [0.25, 0.3) is 5.91 Å². The van der Waals surface area contributed by atoms with Gasteiger partial charge >= 0.3 is 11.8 Å². The number of benzene rings is 2. The molecular formula is C21H20BrFN4O4. The molecule has 0 fully saturated rings. The van der Waals surface area contributed by atoms with Crippen molar-refractivity contribution in [2.75, 3.05) is 31.0 Å². The van der Waals surface area contributed by atoms with Crippen molar-refractivity contribution in [2.24, 2.45) is 0 Å². The largest absolute Gasteiger partial charge is 0.385 e. The third kappa shape index (κ3) is 5.68. The summed E-state index contributed by atoms with van der Waals surface area (Å²) in [6.45, 7) is 0.726. The zero-order chi connectivity index (χ0) is 22.4. The maximum absolute atomic E-state index is 13.1. The van der Waals surface area contributed by atoms with Gasteiger partial charge in [0.15, 0.2) is 0 Å². The molecule has 2 aromatic carbocycles. The molecule has 0 unspecified atom stereocenters. The molecular weight excluding hydrogens is 471 g/mol. The van der Waals surface area contributed by atoms with E-state index < -0.39 is 23.5 Å². The maximum Gasteiger partial charge on any atom is 0.328 e. The fraction of sp³-hybridized carbons (Fsp3) is 0.190. The van der Waals surface area contributed by atoms with Crippen LogP contribution >= 0.6 is 15.9 Å². The summed E-state index contributed by atoms with van der Waals surface area (Å²) in [6, 6.07) is 12.1. The highest BCUT2D eigenvalue weighted by Gasteiger charge is 2.21. The van der Waals surface area contributed by atoms with Gasteiger partial charge in [0.2, 0.25) is 0 Å². The second-order valence-corrected chi connectivity index (χ2v) is 7.49. The molecule has 0 spiro atoms. The van der Waals surface area contributed by atoms with E-state index in [1.54, 1.807) is 31.4 Å². The summed E-state index contributed by atoms with van der Waals surface area (Å²) in [4.78, 5) is 37.4. The first-order valence-corrected chi connectivity index (χ1v) is 10.1. The SMILES string of the molecule is COCCCNC(=O)C(=O)Nn1c(C(=O)Nc2ccc(F)cc2)cc2cc(Br)ccc21. The first-order chi connectivity index (χ1) is 14.9. The number of fused-ring (bicyclic) bond motifs is 1. The van der Waals surface area contributed by atoms with Crippen LogP contribution < -0.4 is 16.1 Å². The molecule has 0 atom stereocenters. The van der Waals surface area contributed by atoms with Gasteiger partial charge < -0.3 is 15.4 Å². The predicted molar refractivity (Wildman–Crippen MR) is 118 cm³/mol. The van der Waals surface area contributed by atoms with E-state index in [1.165, 1.54) is 28.9 Å². The molecule has 162 valence electrons. The lowest BCUT2D eigenvalue weighted by molar-refractivity contribution is -0.136. The number of hydrogen-bond acceptors (Lipinski definition) is 4. The average Bonchev–Trinajstić information content (AvgIpc) is 3.10. The Hall–Kier alpha value is -3.24. The van der Waals surface area contributed by atoms with E-state index in [4.69, 9.17) is 4.74 Å². The Morgan fingerprint density at radius 1 is 1.06 bits per heavy atom. The number of methoxy groups -OCH3 is 1. The number of nitrogens with one attached hydrogen (secondary N) is 3. The van der Waals surface area contributed by atoms with Gasteiger partial charge in [-0.05, 0) is 55.0 Å². The molecule has 0 aliphatic rings. The minimum atomic E-state index is -0.923. The van der Waals surface area contributed by atoms with E-state index in [0.717, 1.165) is 4.47 Å². The van der Waals surface area contributed by atoms with E-state index in [2.05, 4.69) is 32.0 Å². The highest BCUT2D eigenvalue weighted by Crippen LogP contribution is 2.24. The molecule has 3 N–H and O–H groups in total. The van der Waals surface area contributed by atoms with Crippen LogP contribution in [-0.4, -0.2) is 42.7 Å². The minimum absolute atomic E-state index is 0.0953. The predicted octanol–water partition coefficient (Wildman–Crippen LogP) is 3.02. The van der Waals surface area contributed by atoms with Crippen LogP contribution in [0.3, 0.4) is 0 Å². The van der Waals surface area contributed by atoms with Crippen LogP contribution in [-0.2, 0) is 14.3 Å². The van der Waals surface area contributed by atoms with E-state index in [-0.39, 0.29) is 12.2 Å². The molecule has 3 rings (SSSR count). The van der Waals surface area contributed by atoms with Crippen molar-refractivity contribution in [3.63, 3.8) is 0 Å². The maximum atomic E-state index is 13.1. The molecule has 1 aromatic heterocycles. The van der Waals surface area contributed by atoms with Crippen LogP contribution in [0.2, 0.25) is 0 Å². The highest BCUT2D eigenvalue weighted by molar-refractivity contribution is 9.10. The summed E-state index contributed by atoms with van der Waals surface area (Å²) < 4.78 is 20.1. The molecule has 0 saturated heterocycles. The average molecular weight is 491 g/mol. The van der Waals surface area contributed by atoms with Crippen molar-refractivity contribution in [3.05, 3.63) is 64.5 Å². The molecule has 3 aromatic rings. The van der Waals surface area contributed by atoms with Crippen LogP contribution in [0.5, 0.6) is 0 Å². The van der Waals surface area contributed by atoms with Crippen molar-refractivity contribution in [3.8, 4) is 0 Å². The van der Waals surface area contributed by atoms with Crippen molar-refractivity contribution < 1.29 is 23.5 Å². The normalized spacial score (nSPS) is 10.7. The second-order valence-electron chi connectivity index (χ2n) is 6.57. The highest BCUT2D eigenvalue weighted by atomic mass is 79.9. The van der Waals surface area contributed by atoms with Gasteiger partial charge in [-0.1, -0.05) is 15.9 Å². The van der Waals surface area contributed by atoms with Crippen molar-refractivity contribution in [1.29, 1.82) is 0 Å². The van der Waals surface area contributed by atoms with Gasteiger partial charge in [-0.25, -0.2) is 9.07 Å². The lowest BCUT2D eigenvalue weighted by atomic mass is 10.2. The summed E-state index contributed by atoms with van der Waals surface area (Å²) in [5, 5.41) is 5.81. The Bertz CT molecular complexity index is 1110. The quantitative estimate of drug-likeness (QED) is 0.350. The van der Waals surface area contributed by atoms with Crippen LogP contribution in [0.25, 0.3) is 10.9 Å². The number of aromatic nitrogens is 1. The van der Waals surface area contributed by atoms with Crippen LogP contribution in [0.15, 0.2) is 53.0 Å². The summed E-state index contributed by atoms with van der Waals surface area (Å²) >= 11 is 3.37. The molecule has 0 aliphatic heterocycles. The van der Waals surface area contributed by atoms with E-state index in [1.807, 2.05) is 0 Å². The Balaban J connectivity index is 1.84. The van der Waals surface area contributed by atoms with E-state index in [9.17, 15) is 18.8 Å². The molecule has 31 heavy (non-hydrogen) atoms. The van der Waals surface area contributed by atoms with E-state index in [0.29, 0.717) is 29.6 Å². The Kier molecular flexibility index (Phi) is 7.37. The second kappa shape index (κ2) is 10.2. The van der Waals surface area contributed by atoms with Crippen molar-refractivity contribution in [2.45, 2.75) is 6.42 Å². The number of nitrogens with zero attached hydrogens (tertiary/aromatic N) is 1. The lowest BCUT2D eigenvalue weighted by Crippen LogP contribution is -2.40. The van der Waals surface area contributed by atoms with Crippen LogP contribution in [0.4, 0.5) is 10.1 Å². The summed E-state index contributed by atoms with van der Waals surface area (Å²) in [5.41, 5.74) is 3.47. The summed E-state index contributed by atoms with van der Waals surface area (Å²) in [6.07, 6.45) is 0.557. The van der Waals surface area contributed by atoms with E-state index >= 15 is 0 Å². The third-order valence-corrected chi connectivity index (χ3v) is 4.82. The topological polar surface area (TPSA) is 101 Å². The standard InChI is InChI=1S/C21H20BrFN4O4/c1-31-10-2-9-24-20(29)21(30)26-27-17-8-3-14(22)11-13(17)12-18(27)19(28)25-16-6-4-15(23)5-7-16/h3-8,11-12H,2,9-10H2,1H3,(H,24,29)(H,25,28)(H,26,30). The summed E-state index contributed by atoms with van der Waals surface area (Å²) in [5.74, 6) is -2.73. The Labute approximate surface area is 185 Å². The van der Waals surface area contributed by atoms with Gasteiger partial charge in [-0.2, -0.15) is 0 Å². The number of anilines is 1. The number of rotatable bonds is 7. The molecule has 10 heteroatoms. The molecule has 3 amide bonds. The fourth-order valence-electron chi connectivity index (χ4n) is 2.85. The number of amides is 3. The number of hydrogen-bond donors (Lipinski definition) is 3. The number of carbonyl (C=O) groups is 3. The third-order valence-electron chi connectivity index (χ3n) is 4.33. The number of ether oxygens (including phenoxy) is 1. The lowest BCUT2D eigenvalue weighted by Gasteiger charge is -2.13. The molecule has 1 heterocycles. The fourth-order valence-corrected chi connectivity index (χ4v) is 3.23. The zero-order valence-corrected chi connectivity index (χ0v) is 18.2. The van der Waals surface area contributed by atoms with Gasteiger partial charge in [0.1, 0.15) is 11.5 Å². The van der Waals surface area contributed by atoms with Crippen molar-refractivity contribution in [1.82, 2.24) is 9.99 Å². The smallest absolute Gasteiger partial charge is 0.328 e. The summed E-state index contributed by atoms with van der Waals surface area (Å²) in [7, 11) is 1.54. The monoisotopic (exact) mass is 490 g/mol. The molecule has 0 aliphatic carbocycles. The first kappa shape index (κ1) is 22.4. The van der Waals surface area contributed by atoms with Crippen LogP contribution in [0.1, 0.15) is 16.9 Å².